The van der Waals surface area contributed by atoms with E-state index in [9.17, 15) is 0 Å². The van der Waals surface area contributed by atoms with Gasteiger partial charge in [-0.2, -0.15) is 0 Å². The van der Waals surface area contributed by atoms with E-state index in [1.807, 2.05) is 0 Å². The fourth-order valence-corrected chi connectivity index (χ4v) is 7.22. The van der Waals surface area contributed by atoms with Crippen LogP contribution in [-0.4, -0.2) is 43.8 Å². The molecular weight excluding hydrogens is 468 g/mol. The van der Waals surface area contributed by atoms with Gasteiger partial charge in [-0.25, -0.2) is 0 Å². The molecule has 204 valence electrons. The van der Waals surface area contributed by atoms with Crippen LogP contribution in [0.2, 0.25) is 36.3 Å². The predicted octanol–water partition coefficient (Wildman–Crippen LogP) is 8.82. The number of hydrogen-bond donors (Lipinski definition) is 0. The summed E-state index contributed by atoms with van der Waals surface area (Å²) in [4.78, 5) is 0. The second-order valence-corrected chi connectivity index (χ2v) is 23.3. The molecule has 4 nitrogen and oxygen atoms in total. The van der Waals surface area contributed by atoms with E-state index in [2.05, 4.69) is 79.9 Å². The fourth-order valence-electron chi connectivity index (χ4n) is 5.00. The predicted molar refractivity (Wildman–Crippen MR) is 154 cm³/mol. The maximum Gasteiger partial charge on any atom is 0.250 e. The molecule has 2 aliphatic carbocycles. The van der Waals surface area contributed by atoms with Crippen LogP contribution in [-0.2, 0) is 18.3 Å². The van der Waals surface area contributed by atoms with Crippen LogP contribution in [0.4, 0.5) is 0 Å². The summed E-state index contributed by atoms with van der Waals surface area (Å²) < 4.78 is 24.4. The zero-order valence-corrected chi connectivity index (χ0v) is 26.9. The molecule has 0 aromatic heterocycles. The normalized spacial score (nSPS) is 23.7. The Kier molecular flexibility index (Phi) is 10.5. The highest BCUT2D eigenvalue weighted by atomic mass is 28.4. The largest absolute Gasteiger partial charge is 0.547 e. The van der Waals surface area contributed by atoms with Gasteiger partial charge in [0.1, 0.15) is 6.79 Å². The smallest absolute Gasteiger partial charge is 0.250 e. The number of hydrogen-bond acceptors (Lipinski definition) is 4. The number of methoxy groups -OCH3 is 1. The van der Waals surface area contributed by atoms with Gasteiger partial charge in [0.2, 0.25) is 8.32 Å². The van der Waals surface area contributed by atoms with Crippen molar-refractivity contribution < 1.29 is 18.3 Å². The van der Waals surface area contributed by atoms with Gasteiger partial charge < -0.3 is 18.3 Å². The van der Waals surface area contributed by atoms with E-state index >= 15 is 0 Å². The minimum atomic E-state index is -1.91. The molecule has 0 N–H and O–H groups in total. The monoisotopic (exact) mass is 524 g/mol. The number of rotatable bonds is 13. The Morgan fingerprint density at radius 1 is 0.943 bits per heavy atom. The topological polar surface area (TPSA) is 36.9 Å². The summed E-state index contributed by atoms with van der Waals surface area (Å²) in [5.41, 5.74) is 1.68. The Labute approximate surface area is 219 Å². The fraction of sp³-hybridized carbons (Fsp3) is 0.862. The molecule has 6 heteroatoms. The summed E-state index contributed by atoms with van der Waals surface area (Å²) in [6.45, 7) is 25.5. The van der Waals surface area contributed by atoms with Crippen LogP contribution < -0.4 is 0 Å². The molecule has 0 aromatic carbocycles. The standard InChI is InChI=1S/C29H56O4Si2/c1-27(2,3)34(8,9)32-21-14-17-25-26(33-35(10,11)28(4,5)6)22-24-16-12-13-18-29(24,25)19-15-20-31-23-30-7/h13,18,24H,12,14-17,19-23H2,1-11H3/t24-,29+/m0/s1. The SMILES string of the molecule is COCOCCC[C@]12C=CCC[C@H]1CC(O[Si](C)(C)C(C)(C)C)=C2CCCO[Si](C)(C)C(C)(C)C. The van der Waals surface area contributed by atoms with Gasteiger partial charge in [0.15, 0.2) is 8.32 Å². The molecule has 2 atom stereocenters. The molecule has 0 saturated heterocycles. The molecule has 0 aromatic rings. The van der Waals surface area contributed by atoms with E-state index in [-0.39, 0.29) is 15.5 Å². The first-order chi connectivity index (χ1) is 16.1. The van der Waals surface area contributed by atoms with Crippen LogP contribution in [0.15, 0.2) is 23.5 Å². The van der Waals surface area contributed by atoms with Crippen molar-refractivity contribution in [3.8, 4) is 0 Å². The summed E-state index contributed by atoms with van der Waals surface area (Å²) in [6.07, 6.45) is 12.8. The summed E-state index contributed by atoms with van der Waals surface area (Å²) >= 11 is 0. The average Bonchev–Trinajstić information content (AvgIpc) is 3.01. The molecule has 0 spiro atoms. The van der Waals surface area contributed by atoms with Crippen LogP contribution in [0.25, 0.3) is 0 Å². The van der Waals surface area contributed by atoms with Crippen molar-refractivity contribution in [1.82, 2.24) is 0 Å². The first-order valence-electron chi connectivity index (χ1n) is 13.9. The maximum absolute atomic E-state index is 7.09. The van der Waals surface area contributed by atoms with Gasteiger partial charge in [0.05, 0.1) is 5.76 Å². The molecule has 0 radical (unpaired) electrons. The van der Waals surface area contributed by atoms with Gasteiger partial charge >= 0.3 is 0 Å². The van der Waals surface area contributed by atoms with E-state index in [1.54, 1.807) is 12.7 Å². The Bertz CT molecular complexity index is 743. The van der Waals surface area contributed by atoms with Gasteiger partial charge in [0, 0.05) is 32.2 Å². The summed E-state index contributed by atoms with van der Waals surface area (Å²) in [6, 6.07) is 0. The Morgan fingerprint density at radius 3 is 2.20 bits per heavy atom. The van der Waals surface area contributed by atoms with Gasteiger partial charge in [-0.15, -0.1) is 0 Å². The zero-order valence-electron chi connectivity index (χ0n) is 24.9. The molecule has 0 aliphatic heterocycles. The molecule has 0 bridgehead atoms. The lowest BCUT2D eigenvalue weighted by atomic mass is 9.65. The molecule has 0 saturated carbocycles. The van der Waals surface area contributed by atoms with Crippen molar-refractivity contribution in [2.24, 2.45) is 11.3 Å². The minimum Gasteiger partial charge on any atom is -0.547 e. The highest BCUT2D eigenvalue weighted by molar-refractivity contribution is 6.74. The Hall–Kier alpha value is -0.406. The third kappa shape index (κ3) is 7.56. The second kappa shape index (κ2) is 12.0. The molecule has 2 aliphatic rings. The molecule has 2 rings (SSSR count). The lowest BCUT2D eigenvalue weighted by Crippen LogP contribution is -2.41. The highest BCUT2D eigenvalue weighted by Gasteiger charge is 2.50. The van der Waals surface area contributed by atoms with Crippen molar-refractivity contribution in [1.29, 1.82) is 0 Å². The number of ether oxygens (including phenoxy) is 2. The van der Waals surface area contributed by atoms with Crippen molar-refractivity contribution in [2.75, 3.05) is 27.1 Å². The molecule has 0 amide bonds. The highest BCUT2D eigenvalue weighted by Crippen LogP contribution is 2.58. The van der Waals surface area contributed by atoms with Gasteiger partial charge in [-0.3, -0.25) is 0 Å². The summed E-state index contributed by atoms with van der Waals surface area (Å²) in [5.74, 6) is 1.96. The molecule has 35 heavy (non-hydrogen) atoms. The van der Waals surface area contributed by atoms with Crippen LogP contribution in [0.3, 0.4) is 0 Å². The van der Waals surface area contributed by atoms with Crippen molar-refractivity contribution in [3.05, 3.63) is 23.5 Å². The molecule has 0 unspecified atom stereocenters. The quantitative estimate of drug-likeness (QED) is 0.104. The van der Waals surface area contributed by atoms with Crippen LogP contribution in [0.5, 0.6) is 0 Å². The maximum atomic E-state index is 7.09. The van der Waals surface area contributed by atoms with E-state index in [4.69, 9.17) is 18.3 Å². The lowest BCUT2D eigenvalue weighted by molar-refractivity contribution is -0.0333. The van der Waals surface area contributed by atoms with E-state index < -0.39 is 16.6 Å². The summed E-state index contributed by atoms with van der Waals surface area (Å²) in [5, 5.41) is 0.443. The van der Waals surface area contributed by atoms with Gasteiger partial charge in [0.25, 0.3) is 0 Å². The third-order valence-electron chi connectivity index (χ3n) is 9.26. The van der Waals surface area contributed by atoms with Crippen LogP contribution >= 0.6 is 0 Å². The van der Waals surface area contributed by atoms with Crippen molar-refractivity contribution >= 4 is 16.6 Å². The van der Waals surface area contributed by atoms with E-state index in [0.29, 0.717) is 12.7 Å². The second-order valence-electron chi connectivity index (χ2n) is 13.8. The van der Waals surface area contributed by atoms with Crippen LogP contribution in [0.1, 0.15) is 86.5 Å². The molecule has 0 heterocycles. The van der Waals surface area contributed by atoms with Gasteiger partial charge in [-0.1, -0.05) is 53.7 Å². The van der Waals surface area contributed by atoms with Gasteiger partial charge in [-0.05, 0) is 86.3 Å². The first-order valence-corrected chi connectivity index (χ1v) is 19.7. The van der Waals surface area contributed by atoms with Crippen LogP contribution in [0, 0.1) is 11.3 Å². The van der Waals surface area contributed by atoms with Crippen molar-refractivity contribution in [3.63, 3.8) is 0 Å². The average molecular weight is 525 g/mol. The first kappa shape index (κ1) is 30.8. The Morgan fingerprint density at radius 2 is 1.60 bits per heavy atom. The summed E-state index contributed by atoms with van der Waals surface area (Å²) in [7, 11) is -1.95. The molecule has 0 fully saturated rings. The zero-order chi connectivity index (χ0) is 26.5. The third-order valence-corrected chi connectivity index (χ3v) is 18.2. The lowest BCUT2D eigenvalue weighted by Gasteiger charge is -2.39. The molecular formula is C29H56O4Si2. The van der Waals surface area contributed by atoms with Crippen molar-refractivity contribution in [2.45, 2.75) is 123 Å². The number of fused-ring (bicyclic) bond motifs is 1. The Balaban J connectivity index is 2.28. The minimum absolute atomic E-state index is 0.114. The van der Waals surface area contributed by atoms with E-state index in [0.717, 1.165) is 45.3 Å². The number of allylic oxidation sites excluding steroid dienone is 4. The van der Waals surface area contributed by atoms with E-state index in [1.165, 1.54) is 18.6 Å².